The van der Waals surface area contributed by atoms with Gasteiger partial charge in [-0.1, -0.05) is 44.5 Å². The van der Waals surface area contributed by atoms with E-state index in [2.05, 4.69) is 43.4 Å². The van der Waals surface area contributed by atoms with Gasteiger partial charge in [0.25, 0.3) is 0 Å². The van der Waals surface area contributed by atoms with Gasteiger partial charge in [-0.05, 0) is 39.6 Å². The Morgan fingerprint density at radius 3 is 2.43 bits per heavy atom. The molecule has 1 aromatic carbocycles. The predicted molar refractivity (Wildman–Crippen MR) is 70.6 cm³/mol. The minimum atomic E-state index is 0.0214. The number of rotatable bonds is 1. The zero-order valence-electron chi connectivity index (χ0n) is 8.64. The number of nitrogens with two attached hydrogens (primary N) is 1. The van der Waals surface area contributed by atoms with Gasteiger partial charge in [0.15, 0.2) is 0 Å². The normalized spacial score (nSPS) is 14.1. The van der Waals surface area contributed by atoms with E-state index in [0.29, 0.717) is 0 Å². The predicted octanol–water partition coefficient (Wildman–Crippen LogP) is 3.99. The Balaban J connectivity index is 3.14. The molecule has 78 valence electrons. The molecule has 0 saturated carbocycles. The van der Waals surface area contributed by atoms with Crippen molar-refractivity contribution in [3.05, 3.63) is 32.4 Å². The average molecular weight is 324 g/mol. The van der Waals surface area contributed by atoms with Gasteiger partial charge >= 0.3 is 0 Å². The number of halogens is 2. The van der Waals surface area contributed by atoms with Crippen molar-refractivity contribution in [2.75, 3.05) is 0 Å². The van der Waals surface area contributed by atoms with Crippen LogP contribution in [0.2, 0.25) is 5.02 Å². The van der Waals surface area contributed by atoms with Crippen molar-refractivity contribution in [2.24, 2.45) is 11.1 Å². The summed E-state index contributed by atoms with van der Waals surface area (Å²) in [6.45, 7) is 6.40. The first-order valence-corrected chi connectivity index (χ1v) is 5.99. The maximum atomic E-state index is 6.18. The molecule has 0 aliphatic rings. The Morgan fingerprint density at radius 2 is 1.93 bits per heavy atom. The molecule has 2 N–H and O–H groups in total. The maximum absolute atomic E-state index is 6.18. The van der Waals surface area contributed by atoms with Crippen LogP contribution in [-0.2, 0) is 0 Å². The third-order valence-corrected chi connectivity index (χ3v) is 4.09. The molecule has 0 aliphatic carbocycles. The van der Waals surface area contributed by atoms with Gasteiger partial charge in [-0.15, -0.1) is 0 Å². The van der Waals surface area contributed by atoms with Crippen LogP contribution in [0.25, 0.3) is 0 Å². The molecule has 1 unspecified atom stereocenters. The summed E-state index contributed by atoms with van der Waals surface area (Å²) in [6.07, 6.45) is 0. The Kier molecular flexibility index (Phi) is 3.83. The molecule has 0 spiro atoms. The molecule has 14 heavy (non-hydrogen) atoms. The first kappa shape index (κ1) is 12.3. The van der Waals surface area contributed by atoms with Gasteiger partial charge in [-0.25, -0.2) is 0 Å². The van der Waals surface area contributed by atoms with Crippen molar-refractivity contribution in [3.8, 4) is 0 Å². The SMILES string of the molecule is CC(C)(C)C(N)c1cccc(Cl)c1I. The van der Waals surface area contributed by atoms with Gasteiger partial charge in [0, 0.05) is 9.61 Å². The molecule has 0 amide bonds. The van der Waals surface area contributed by atoms with Crippen molar-refractivity contribution in [3.63, 3.8) is 0 Å². The molecule has 0 heterocycles. The first-order chi connectivity index (χ1) is 6.34. The molecule has 0 aliphatic heterocycles. The maximum Gasteiger partial charge on any atom is 0.0542 e. The molecule has 0 aromatic heterocycles. The van der Waals surface area contributed by atoms with Crippen molar-refractivity contribution >= 4 is 34.2 Å². The van der Waals surface area contributed by atoms with Crippen molar-refractivity contribution in [2.45, 2.75) is 26.8 Å². The Bertz CT molecular complexity index is 331. The van der Waals surface area contributed by atoms with Crippen molar-refractivity contribution in [1.29, 1.82) is 0 Å². The fourth-order valence-corrected chi connectivity index (χ4v) is 2.10. The van der Waals surface area contributed by atoms with Gasteiger partial charge in [0.1, 0.15) is 0 Å². The third-order valence-electron chi connectivity index (χ3n) is 2.25. The van der Waals surface area contributed by atoms with E-state index >= 15 is 0 Å². The van der Waals surface area contributed by atoms with Gasteiger partial charge in [0.05, 0.1) is 5.02 Å². The highest BCUT2D eigenvalue weighted by molar-refractivity contribution is 14.1. The minimum absolute atomic E-state index is 0.0214. The van der Waals surface area contributed by atoms with Crippen LogP contribution in [0, 0.1) is 8.99 Å². The molecule has 1 nitrogen and oxygen atoms in total. The lowest BCUT2D eigenvalue weighted by Crippen LogP contribution is -2.27. The van der Waals surface area contributed by atoms with E-state index in [9.17, 15) is 0 Å². The highest BCUT2D eigenvalue weighted by Crippen LogP contribution is 2.35. The molecule has 1 rings (SSSR count). The van der Waals surface area contributed by atoms with Crippen LogP contribution in [0.15, 0.2) is 18.2 Å². The van der Waals surface area contributed by atoms with E-state index in [0.717, 1.165) is 14.2 Å². The van der Waals surface area contributed by atoms with Crippen LogP contribution in [-0.4, -0.2) is 0 Å². The van der Waals surface area contributed by atoms with Gasteiger partial charge in [0.2, 0.25) is 0 Å². The lowest BCUT2D eigenvalue weighted by molar-refractivity contribution is 0.326. The van der Waals surface area contributed by atoms with Crippen LogP contribution in [0.3, 0.4) is 0 Å². The van der Waals surface area contributed by atoms with Crippen LogP contribution >= 0.6 is 34.2 Å². The zero-order chi connectivity index (χ0) is 10.9. The smallest absolute Gasteiger partial charge is 0.0542 e. The molecule has 0 saturated heterocycles. The monoisotopic (exact) mass is 323 g/mol. The second-order valence-electron chi connectivity index (χ2n) is 4.49. The van der Waals surface area contributed by atoms with Crippen LogP contribution in [0.1, 0.15) is 32.4 Å². The van der Waals surface area contributed by atoms with E-state index in [1.807, 2.05) is 18.2 Å². The highest BCUT2D eigenvalue weighted by atomic mass is 127. The number of hydrogen-bond acceptors (Lipinski definition) is 1. The molecule has 0 bridgehead atoms. The summed E-state index contributed by atoms with van der Waals surface area (Å²) in [6, 6.07) is 5.91. The standard InChI is InChI=1S/C11H15ClIN/c1-11(2,3)10(14)7-5-4-6-8(12)9(7)13/h4-6,10H,14H2,1-3H3. The van der Waals surface area contributed by atoms with Gasteiger partial charge in [-0.2, -0.15) is 0 Å². The number of hydrogen-bond donors (Lipinski definition) is 1. The molecule has 3 heteroatoms. The van der Waals surface area contributed by atoms with Crippen molar-refractivity contribution < 1.29 is 0 Å². The highest BCUT2D eigenvalue weighted by Gasteiger charge is 2.24. The van der Waals surface area contributed by atoms with Crippen LogP contribution in [0.5, 0.6) is 0 Å². The Morgan fingerprint density at radius 1 is 1.36 bits per heavy atom. The molecular formula is C11H15ClIN. The third kappa shape index (κ3) is 2.61. The summed E-state index contributed by atoms with van der Waals surface area (Å²) < 4.78 is 1.06. The molecule has 1 atom stereocenters. The summed E-state index contributed by atoms with van der Waals surface area (Å²) in [5.41, 5.74) is 7.37. The van der Waals surface area contributed by atoms with Crippen molar-refractivity contribution in [1.82, 2.24) is 0 Å². The minimum Gasteiger partial charge on any atom is -0.323 e. The van der Waals surface area contributed by atoms with E-state index in [1.165, 1.54) is 0 Å². The summed E-state index contributed by atoms with van der Waals surface area (Å²) in [5.74, 6) is 0. The summed E-state index contributed by atoms with van der Waals surface area (Å²) in [4.78, 5) is 0. The lowest BCUT2D eigenvalue weighted by Gasteiger charge is -2.28. The summed E-state index contributed by atoms with van der Waals surface area (Å²) >= 11 is 8.29. The Hall–Kier alpha value is 0.200. The van der Waals surface area contributed by atoms with Gasteiger partial charge < -0.3 is 5.73 Å². The zero-order valence-corrected chi connectivity index (χ0v) is 11.6. The van der Waals surface area contributed by atoms with Crippen LogP contribution < -0.4 is 5.73 Å². The first-order valence-electron chi connectivity index (χ1n) is 4.53. The number of benzene rings is 1. The average Bonchev–Trinajstić information content (AvgIpc) is 2.07. The van der Waals surface area contributed by atoms with E-state index in [1.54, 1.807) is 0 Å². The molecular weight excluding hydrogens is 308 g/mol. The Labute approximate surface area is 104 Å². The quantitative estimate of drug-likeness (QED) is 0.777. The molecule has 0 fully saturated rings. The van der Waals surface area contributed by atoms with Gasteiger partial charge in [-0.3, -0.25) is 0 Å². The van der Waals surface area contributed by atoms with E-state index in [4.69, 9.17) is 17.3 Å². The van der Waals surface area contributed by atoms with E-state index in [-0.39, 0.29) is 11.5 Å². The largest absolute Gasteiger partial charge is 0.323 e. The molecule has 1 aromatic rings. The second kappa shape index (κ2) is 4.37. The second-order valence-corrected chi connectivity index (χ2v) is 5.97. The lowest BCUT2D eigenvalue weighted by atomic mass is 9.83. The van der Waals surface area contributed by atoms with E-state index < -0.39 is 0 Å². The summed E-state index contributed by atoms with van der Waals surface area (Å²) in [5, 5.41) is 0.780. The fourth-order valence-electron chi connectivity index (χ4n) is 1.23. The fraction of sp³-hybridized carbons (Fsp3) is 0.455. The van der Waals surface area contributed by atoms with Crippen LogP contribution in [0.4, 0.5) is 0 Å². The molecule has 0 radical (unpaired) electrons. The summed E-state index contributed by atoms with van der Waals surface area (Å²) in [7, 11) is 0. The topological polar surface area (TPSA) is 26.0 Å².